The smallest absolute Gasteiger partial charge is 0.126 e. The van der Waals surface area contributed by atoms with E-state index in [1.54, 1.807) is 12.1 Å². The van der Waals surface area contributed by atoms with Crippen molar-refractivity contribution in [2.45, 2.75) is 6.92 Å². The van der Waals surface area contributed by atoms with Gasteiger partial charge in [-0.25, -0.2) is 4.39 Å². The zero-order valence-corrected chi connectivity index (χ0v) is 9.54. The van der Waals surface area contributed by atoms with Gasteiger partial charge in [-0.2, -0.15) is 0 Å². The molecule has 16 heavy (non-hydrogen) atoms. The number of hydrogen-bond acceptors (Lipinski definition) is 3. The fourth-order valence-corrected chi connectivity index (χ4v) is 1.20. The molecule has 0 saturated heterocycles. The molecule has 0 aliphatic heterocycles. The van der Waals surface area contributed by atoms with Crippen LogP contribution >= 0.6 is 0 Å². The summed E-state index contributed by atoms with van der Waals surface area (Å²) in [5.41, 5.74) is 0. The minimum absolute atomic E-state index is 0.287. The molecule has 0 unspecified atom stereocenters. The second-order valence-electron chi connectivity index (χ2n) is 3.27. The first-order valence-electron chi connectivity index (χ1n) is 5.49. The molecule has 1 N–H and O–H groups in total. The van der Waals surface area contributed by atoms with E-state index < -0.39 is 0 Å². The van der Waals surface area contributed by atoms with Gasteiger partial charge in [-0.3, -0.25) is 0 Å². The van der Waals surface area contributed by atoms with Crippen molar-refractivity contribution in [3.63, 3.8) is 0 Å². The molecule has 1 aromatic rings. The molecule has 0 aromatic heterocycles. The Morgan fingerprint density at radius 1 is 1.25 bits per heavy atom. The predicted molar refractivity (Wildman–Crippen MR) is 61.3 cm³/mol. The molecule has 0 bridgehead atoms. The SMILES string of the molecule is CCNCCOCCOc1cccc(F)c1. The Bertz CT molecular complexity index is 294. The zero-order valence-electron chi connectivity index (χ0n) is 9.54. The van der Waals surface area contributed by atoms with Crippen molar-refractivity contribution < 1.29 is 13.9 Å². The topological polar surface area (TPSA) is 30.5 Å². The molecule has 1 aromatic carbocycles. The minimum Gasteiger partial charge on any atom is -0.491 e. The van der Waals surface area contributed by atoms with Gasteiger partial charge in [0.15, 0.2) is 0 Å². The van der Waals surface area contributed by atoms with E-state index >= 15 is 0 Å². The van der Waals surface area contributed by atoms with Crippen LogP contribution in [-0.4, -0.2) is 32.9 Å². The molecule has 90 valence electrons. The first-order chi connectivity index (χ1) is 7.83. The Balaban J connectivity index is 2.03. The van der Waals surface area contributed by atoms with E-state index in [9.17, 15) is 4.39 Å². The quantitative estimate of drug-likeness (QED) is 0.687. The molecular formula is C12H18FNO2. The van der Waals surface area contributed by atoms with E-state index in [0.29, 0.717) is 25.6 Å². The largest absolute Gasteiger partial charge is 0.491 e. The highest BCUT2D eigenvalue weighted by molar-refractivity contribution is 5.22. The van der Waals surface area contributed by atoms with Crippen molar-refractivity contribution in [2.75, 3.05) is 32.9 Å². The van der Waals surface area contributed by atoms with Crippen molar-refractivity contribution in [2.24, 2.45) is 0 Å². The standard InChI is InChI=1S/C12H18FNO2/c1-2-14-6-7-15-8-9-16-12-5-3-4-11(13)10-12/h3-5,10,14H,2,6-9H2,1H3. The van der Waals surface area contributed by atoms with Crippen LogP contribution in [0.2, 0.25) is 0 Å². The molecule has 0 amide bonds. The van der Waals surface area contributed by atoms with Gasteiger partial charge in [0.05, 0.1) is 13.2 Å². The average Bonchev–Trinajstić information content (AvgIpc) is 2.28. The van der Waals surface area contributed by atoms with Gasteiger partial charge in [0.25, 0.3) is 0 Å². The van der Waals surface area contributed by atoms with E-state index in [-0.39, 0.29) is 5.82 Å². The van der Waals surface area contributed by atoms with Crippen LogP contribution in [0.3, 0.4) is 0 Å². The fourth-order valence-electron chi connectivity index (χ4n) is 1.20. The van der Waals surface area contributed by atoms with Gasteiger partial charge < -0.3 is 14.8 Å². The summed E-state index contributed by atoms with van der Waals surface area (Å²) >= 11 is 0. The summed E-state index contributed by atoms with van der Waals surface area (Å²) in [6, 6.07) is 6.09. The lowest BCUT2D eigenvalue weighted by atomic mass is 10.3. The number of ether oxygens (including phenoxy) is 2. The van der Waals surface area contributed by atoms with Gasteiger partial charge in [-0.1, -0.05) is 13.0 Å². The number of rotatable bonds is 8. The Morgan fingerprint density at radius 3 is 2.88 bits per heavy atom. The van der Waals surface area contributed by atoms with E-state index in [4.69, 9.17) is 9.47 Å². The normalized spacial score (nSPS) is 10.4. The molecule has 0 atom stereocenters. The second-order valence-corrected chi connectivity index (χ2v) is 3.27. The lowest BCUT2D eigenvalue weighted by Gasteiger charge is -2.07. The first kappa shape index (κ1) is 12.9. The molecule has 0 saturated carbocycles. The van der Waals surface area contributed by atoms with E-state index in [1.807, 2.05) is 6.92 Å². The van der Waals surface area contributed by atoms with Crippen molar-refractivity contribution >= 4 is 0 Å². The molecular weight excluding hydrogens is 209 g/mol. The summed E-state index contributed by atoms with van der Waals surface area (Å²) in [4.78, 5) is 0. The summed E-state index contributed by atoms with van der Waals surface area (Å²) in [5.74, 6) is 0.251. The van der Waals surface area contributed by atoms with Crippen LogP contribution in [0.5, 0.6) is 5.75 Å². The van der Waals surface area contributed by atoms with Crippen LogP contribution < -0.4 is 10.1 Å². The third-order valence-corrected chi connectivity index (χ3v) is 1.97. The second kappa shape index (κ2) is 8.07. The van der Waals surface area contributed by atoms with Gasteiger partial charge in [-0.05, 0) is 18.7 Å². The number of hydrogen-bond donors (Lipinski definition) is 1. The summed E-state index contributed by atoms with van der Waals surface area (Å²) in [6.07, 6.45) is 0. The van der Waals surface area contributed by atoms with Crippen LogP contribution in [0, 0.1) is 5.82 Å². The van der Waals surface area contributed by atoms with Crippen molar-refractivity contribution in [3.8, 4) is 5.75 Å². The van der Waals surface area contributed by atoms with Crippen LogP contribution in [0.25, 0.3) is 0 Å². The molecule has 0 heterocycles. The Labute approximate surface area is 95.6 Å². The van der Waals surface area contributed by atoms with Crippen LogP contribution in [0.15, 0.2) is 24.3 Å². The van der Waals surface area contributed by atoms with Gasteiger partial charge in [0, 0.05) is 12.6 Å². The van der Waals surface area contributed by atoms with E-state index in [1.165, 1.54) is 12.1 Å². The van der Waals surface area contributed by atoms with Crippen molar-refractivity contribution in [3.05, 3.63) is 30.1 Å². The summed E-state index contributed by atoms with van der Waals surface area (Å²) in [5, 5.41) is 3.15. The monoisotopic (exact) mass is 227 g/mol. The lowest BCUT2D eigenvalue weighted by molar-refractivity contribution is 0.102. The highest BCUT2D eigenvalue weighted by Gasteiger charge is 1.95. The van der Waals surface area contributed by atoms with Crippen molar-refractivity contribution in [1.82, 2.24) is 5.32 Å². The van der Waals surface area contributed by atoms with Gasteiger partial charge >= 0.3 is 0 Å². The van der Waals surface area contributed by atoms with Gasteiger partial charge in [-0.15, -0.1) is 0 Å². The number of likely N-dealkylation sites (N-methyl/N-ethyl adjacent to an activating group) is 1. The zero-order chi connectivity index (χ0) is 11.6. The Morgan fingerprint density at radius 2 is 2.12 bits per heavy atom. The summed E-state index contributed by atoms with van der Waals surface area (Å²) in [7, 11) is 0. The Kier molecular flexibility index (Phi) is 6.53. The Hall–Kier alpha value is -1.13. The summed E-state index contributed by atoms with van der Waals surface area (Å²) < 4.78 is 23.4. The van der Waals surface area contributed by atoms with Crippen LogP contribution in [0.4, 0.5) is 4.39 Å². The lowest BCUT2D eigenvalue weighted by Crippen LogP contribution is -2.20. The van der Waals surface area contributed by atoms with Crippen molar-refractivity contribution in [1.29, 1.82) is 0 Å². The van der Waals surface area contributed by atoms with Gasteiger partial charge in [0.1, 0.15) is 18.2 Å². The third kappa shape index (κ3) is 5.68. The molecule has 0 aliphatic carbocycles. The highest BCUT2D eigenvalue weighted by atomic mass is 19.1. The maximum Gasteiger partial charge on any atom is 0.126 e. The predicted octanol–water partition coefficient (Wildman–Crippen LogP) is 1.83. The molecule has 0 radical (unpaired) electrons. The molecule has 4 heteroatoms. The molecule has 0 spiro atoms. The average molecular weight is 227 g/mol. The third-order valence-electron chi connectivity index (χ3n) is 1.97. The van der Waals surface area contributed by atoms with Gasteiger partial charge in [0.2, 0.25) is 0 Å². The first-order valence-corrected chi connectivity index (χ1v) is 5.49. The number of nitrogens with one attached hydrogen (secondary N) is 1. The molecule has 0 aliphatic rings. The highest BCUT2D eigenvalue weighted by Crippen LogP contribution is 2.11. The molecule has 1 rings (SSSR count). The molecule has 0 fully saturated rings. The number of halogens is 1. The minimum atomic E-state index is -0.287. The van der Waals surface area contributed by atoms with Crippen LogP contribution in [-0.2, 0) is 4.74 Å². The maximum atomic E-state index is 12.8. The number of benzene rings is 1. The van der Waals surface area contributed by atoms with E-state index in [2.05, 4.69) is 5.32 Å². The maximum absolute atomic E-state index is 12.8. The van der Waals surface area contributed by atoms with E-state index in [0.717, 1.165) is 13.1 Å². The fraction of sp³-hybridized carbons (Fsp3) is 0.500. The summed E-state index contributed by atoms with van der Waals surface area (Å²) in [6.45, 7) is 5.46. The molecule has 3 nitrogen and oxygen atoms in total. The van der Waals surface area contributed by atoms with Crippen LogP contribution in [0.1, 0.15) is 6.92 Å².